The second-order valence-corrected chi connectivity index (χ2v) is 2.80. The number of aryl methyl sites for hydroxylation is 1. The Morgan fingerprint density at radius 2 is 2.45 bits per heavy atom. The molecule has 0 aliphatic heterocycles. The number of nitrogens with two attached hydrogens (primary N) is 1. The van der Waals surface area contributed by atoms with E-state index in [1.807, 2.05) is 24.0 Å². The van der Waals surface area contributed by atoms with Gasteiger partial charge in [0, 0.05) is 12.7 Å². The zero-order valence-electron chi connectivity index (χ0n) is 7.12. The van der Waals surface area contributed by atoms with E-state index in [0.717, 1.165) is 6.42 Å². The Balaban J connectivity index is 2.73. The number of hydrogen-bond acceptors (Lipinski definition) is 2. The van der Waals surface area contributed by atoms with Crippen LogP contribution in [0, 0.1) is 6.92 Å². The maximum atomic E-state index is 5.56. The summed E-state index contributed by atoms with van der Waals surface area (Å²) in [6.45, 7) is 4.82. The van der Waals surface area contributed by atoms with Crippen LogP contribution in [0.4, 0.5) is 0 Å². The molecule has 0 spiro atoms. The van der Waals surface area contributed by atoms with Gasteiger partial charge >= 0.3 is 0 Å². The predicted octanol–water partition coefficient (Wildman–Crippen LogP) is 1.10. The van der Waals surface area contributed by atoms with Gasteiger partial charge in [0.2, 0.25) is 0 Å². The molecule has 11 heavy (non-hydrogen) atoms. The van der Waals surface area contributed by atoms with Crippen LogP contribution in [0.5, 0.6) is 0 Å². The molecular formula is C8H15N3. The summed E-state index contributed by atoms with van der Waals surface area (Å²) in [5.41, 5.74) is 6.76. The average Bonchev–Trinajstić information content (AvgIpc) is 2.39. The Hall–Kier alpha value is -0.830. The summed E-state index contributed by atoms with van der Waals surface area (Å²) >= 11 is 0. The molecule has 1 rings (SSSR count). The van der Waals surface area contributed by atoms with Crippen molar-refractivity contribution < 1.29 is 0 Å². The molecule has 0 saturated heterocycles. The van der Waals surface area contributed by atoms with Gasteiger partial charge in [0.1, 0.15) is 0 Å². The molecule has 0 aromatic carbocycles. The van der Waals surface area contributed by atoms with Gasteiger partial charge in [-0.2, -0.15) is 5.10 Å². The third-order valence-electron chi connectivity index (χ3n) is 1.85. The minimum Gasteiger partial charge on any atom is -0.328 e. The highest BCUT2D eigenvalue weighted by Gasteiger charge is 2.05. The van der Waals surface area contributed by atoms with Gasteiger partial charge in [-0.1, -0.05) is 6.92 Å². The van der Waals surface area contributed by atoms with E-state index < -0.39 is 0 Å². The fourth-order valence-electron chi connectivity index (χ4n) is 1.09. The molecule has 1 aromatic heterocycles. The van der Waals surface area contributed by atoms with Crippen molar-refractivity contribution in [2.24, 2.45) is 5.73 Å². The summed E-state index contributed by atoms with van der Waals surface area (Å²) < 4.78 is 1.94. The van der Waals surface area contributed by atoms with Crippen molar-refractivity contribution in [2.45, 2.75) is 26.3 Å². The molecule has 0 radical (unpaired) electrons. The van der Waals surface area contributed by atoms with Crippen LogP contribution >= 0.6 is 0 Å². The van der Waals surface area contributed by atoms with E-state index in [9.17, 15) is 0 Å². The fourth-order valence-corrected chi connectivity index (χ4v) is 1.09. The van der Waals surface area contributed by atoms with Gasteiger partial charge in [0.15, 0.2) is 0 Å². The molecule has 0 aliphatic carbocycles. The van der Waals surface area contributed by atoms with Gasteiger partial charge in [0.25, 0.3) is 0 Å². The molecule has 3 nitrogen and oxygen atoms in total. The predicted molar refractivity (Wildman–Crippen MR) is 45.3 cm³/mol. The van der Waals surface area contributed by atoms with Crippen LogP contribution in [0.25, 0.3) is 0 Å². The summed E-state index contributed by atoms with van der Waals surface area (Å²) in [4.78, 5) is 0. The maximum absolute atomic E-state index is 5.56. The van der Waals surface area contributed by atoms with Crippen LogP contribution in [0.1, 0.15) is 24.9 Å². The first-order valence-corrected chi connectivity index (χ1v) is 3.98. The third kappa shape index (κ3) is 1.80. The lowest BCUT2D eigenvalue weighted by molar-refractivity contribution is 0.450. The summed E-state index contributed by atoms with van der Waals surface area (Å²) in [6, 6.07) is 0.365. The number of aromatic nitrogens is 2. The molecule has 2 N–H and O–H groups in total. The van der Waals surface area contributed by atoms with Gasteiger partial charge in [-0.3, -0.25) is 4.68 Å². The second-order valence-electron chi connectivity index (χ2n) is 2.80. The Labute approximate surface area is 67.2 Å². The minimum absolute atomic E-state index is 0.365. The van der Waals surface area contributed by atoms with Crippen LogP contribution < -0.4 is 5.73 Å². The van der Waals surface area contributed by atoms with E-state index in [1.54, 1.807) is 0 Å². The normalized spacial score (nSPS) is 13.4. The molecule has 0 unspecified atom stereocenters. The molecule has 0 amide bonds. The molecule has 0 bridgehead atoms. The zero-order valence-corrected chi connectivity index (χ0v) is 7.12. The van der Waals surface area contributed by atoms with Gasteiger partial charge in [-0.05, 0) is 18.9 Å². The van der Waals surface area contributed by atoms with E-state index in [4.69, 9.17) is 5.73 Å². The largest absolute Gasteiger partial charge is 0.328 e. The fraction of sp³-hybridized carbons (Fsp3) is 0.625. The van der Waals surface area contributed by atoms with Crippen molar-refractivity contribution >= 4 is 0 Å². The van der Waals surface area contributed by atoms with Gasteiger partial charge < -0.3 is 5.73 Å². The Kier molecular flexibility index (Phi) is 2.65. The van der Waals surface area contributed by atoms with Crippen LogP contribution in [-0.2, 0) is 0 Å². The smallest absolute Gasteiger partial charge is 0.0638 e. The van der Waals surface area contributed by atoms with Crippen LogP contribution in [0.2, 0.25) is 0 Å². The highest BCUT2D eigenvalue weighted by molar-refractivity contribution is 5.00. The third-order valence-corrected chi connectivity index (χ3v) is 1.85. The summed E-state index contributed by atoms with van der Waals surface area (Å²) in [5.74, 6) is 0. The van der Waals surface area contributed by atoms with Gasteiger partial charge in [-0.15, -0.1) is 0 Å². The molecule has 1 aromatic rings. The molecule has 0 fully saturated rings. The lowest BCUT2D eigenvalue weighted by Crippen LogP contribution is -2.18. The zero-order chi connectivity index (χ0) is 8.27. The van der Waals surface area contributed by atoms with E-state index in [1.165, 1.54) is 5.56 Å². The summed E-state index contributed by atoms with van der Waals surface area (Å²) in [5, 5.41) is 4.19. The molecular weight excluding hydrogens is 138 g/mol. The summed E-state index contributed by atoms with van der Waals surface area (Å²) in [7, 11) is 0. The van der Waals surface area contributed by atoms with Crippen molar-refractivity contribution in [1.82, 2.24) is 9.78 Å². The lowest BCUT2D eigenvalue weighted by atomic mass is 10.2. The molecule has 3 heteroatoms. The topological polar surface area (TPSA) is 43.8 Å². The Bertz CT molecular complexity index is 213. The van der Waals surface area contributed by atoms with E-state index in [-0.39, 0.29) is 0 Å². The first-order valence-electron chi connectivity index (χ1n) is 3.98. The van der Waals surface area contributed by atoms with Crippen molar-refractivity contribution in [3.05, 3.63) is 18.0 Å². The minimum atomic E-state index is 0.365. The second kappa shape index (κ2) is 3.53. The van der Waals surface area contributed by atoms with E-state index in [2.05, 4.69) is 12.0 Å². The Morgan fingerprint density at radius 1 is 1.73 bits per heavy atom. The van der Waals surface area contributed by atoms with Crippen LogP contribution in [0.3, 0.4) is 0 Å². The van der Waals surface area contributed by atoms with Crippen molar-refractivity contribution in [3.8, 4) is 0 Å². The van der Waals surface area contributed by atoms with Crippen molar-refractivity contribution in [2.75, 3.05) is 6.54 Å². The van der Waals surface area contributed by atoms with Gasteiger partial charge in [-0.25, -0.2) is 0 Å². The molecule has 1 heterocycles. The van der Waals surface area contributed by atoms with Crippen molar-refractivity contribution in [1.29, 1.82) is 0 Å². The lowest BCUT2D eigenvalue weighted by Gasteiger charge is -2.11. The number of hydrogen-bond donors (Lipinski definition) is 1. The quantitative estimate of drug-likeness (QED) is 0.706. The van der Waals surface area contributed by atoms with Crippen LogP contribution in [-0.4, -0.2) is 16.3 Å². The number of nitrogens with zero attached hydrogens (tertiary/aromatic N) is 2. The monoisotopic (exact) mass is 153 g/mol. The van der Waals surface area contributed by atoms with Crippen molar-refractivity contribution in [3.63, 3.8) is 0 Å². The highest BCUT2D eigenvalue weighted by Crippen LogP contribution is 2.08. The SMILES string of the molecule is CC[C@H](CN)n1cc(C)cn1. The number of rotatable bonds is 3. The first kappa shape index (κ1) is 8.27. The molecule has 0 saturated carbocycles. The molecule has 1 atom stereocenters. The molecule has 62 valence electrons. The average molecular weight is 153 g/mol. The maximum Gasteiger partial charge on any atom is 0.0638 e. The van der Waals surface area contributed by atoms with E-state index in [0.29, 0.717) is 12.6 Å². The Morgan fingerprint density at radius 3 is 2.82 bits per heavy atom. The first-order chi connectivity index (χ1) is 5.27. The van der Waals surface area contributed by atoms with Gasteiger partial charge in [0.05, 0.1) is 12.2 Å². The van der Waals surface area contributed by atoms with E-state index >= 15 is 0 Å². The summed E-state index contributed by atoms with van der Waals surface area (Å²) in [6.07, 6.45) is 4.93. The standard InChI is InChI=1S/C8H15N3/c1-3-8(4-9)11-6-7(2)5-10-11/h5-6,8H,3-4,9H2,1-2H3/t8-/m1/s1. The molecule has 0 aliphatic rings. The highest BCUT2D eigenvalue weighted by atomic mass is 15.3. The van der Waals surface area contributed by atoms with Crippen LogP contribution in [0.15, 0.2) is 12.4 Å².